The van der Waals surface area contributed by atoms with Crippen LogP contribution in [0.4, 0.5) is 5.69 Å². The fourth-order valence-corrected chi connectivity index (χ4v) is 3.44. The van der Waals surface area contributed by atoms with Crippen LogP contribution in [0, 0.1) is 0 Å². The molecule has 0 fully saturated rings. The predicted molar refractivity (Wildman–Crippen MR) is 101 cm³/mol. The van der Waals surface area contributed by atoms with Crippen molar-refractivity contribution >= 4 is 44.7 Å². The zero-order valence-electron chi connectivity index (χ0n) is 13.5. The van der Waals surface area contributed by atoms with E-state index in [1.807, 2.05) is 0 Å². The number of amides is 1. The van der Waals surface area contributed by atoms with Gasteiger partial charge >= 0.3 is 0 Å². The number of anilines is 1. The van der Waals surface area contributed by atoms with Crippen LogP contribution in [0.1, 0.15) is 10.4 Å². The molecule has 0 spiro atoms. The average Bonchev–Trinajstić information content (AvgIpc) is 3.30. The molecule has 130 valence electrons. The first-order valence-corrected chi connectivity index (χ1v) is 8.79. The van der Waals surface area contributed by atoms with Crippen molar-refractivity contribution < 1.29 is 9.53 Å². The molecule has 3 heterocycles. The van der Waals surface area contributed by atoms with Crippen LogP contribution in [0.15, 0.2) is 42.3 Å². The van der Waals surface area contributed by atoms with E-state index in [4.69, 9.17) is 16.3 Å². The summed E-state index contributed by atoms with van der Waals surface area (Å²) in [6.45, 7) is 0. The molecule has 4 aromatic rings. The summed E-state index contributed by atoms with van der Waals surface area (Å²) in [5, 5.41) is 10.4. The molecular formula is C17H12ClN5O2S. The Kier molecular flexibility index (Phi) is 4.27. The zero-order chi connectivity index (χ0) is 18.1. The Balaban J connectivity index is 1.71. The lowest BCUT2D eigenvalue weighted by Gasteiger charge is -2.10. The Morgan fingerprint density at radius 1 is 1.35 bits per heavy atom. The third-order valence-electron chi connectivity index (χ3n) is 3.80. The second-order valence-corrected chi connectivity index (χ2v) is 6.66. The summed E-state index contributed by atoms with van der Waals surface area (Å²) in [5.74, 6) is 0.276. The molecule has 2 N–H and O–H groups in total. The van der Waals surface area contributed by atoms with Crippen molar-refractivity contribution in [3.05, 3.63) is 52.9 Å². The summed E-state index contributed by atoms with van der Waals surface area (Å²) in [5.41, 5.74) is 4.39. The highest BCUT2D eigenvalue weighted by atomic mass is 35.5. The van der Waals surface area contributed by atoms with Crippen molar-refractivity contribution in [2.45, 2.75) is 0 Å². The molecule has 0 aliphatic heterocycles. The lowest BCUT2D eigenvalue weighted by molar-refractivity contribution is 0.102. The molecule has 0 saturated heterocycles. The third kappa shape index (κ3) is 2.89. The van der Waals surface area contributed by atoms with Gasteiger partial charge in [-0.25, -0.2) is 4.98 Å². The molecule has 0 aliphatic carbocycles. The summed E-state index contributed by atoms with van der Waals surface area (Å²) in [6, 6.07) is 5.20. The van der Waals surface area contributed by atoms with Gasteiger partial charge in [-0.05, 0) is 18.2 Å². The molecule has 1 aromatic carbocycles. The Morgan fingerprint density at radius 3 is 3.08 bits per heavy atom. The number of benzene rings is 1. The lowest BCUT2D eigenvalue weighted by Crippen LogP contribution is -2.13. The molecule has 0 radical (unpaired) electrons. The first-order chi connectivity index (χ1) is 12.7. The van der Waals surface area contributed by atoms with Gasteiger partial charge in [-0.2, -0.15) is 5.10 Å². The van der Waals surface area contributed by atoms with Gasteiger partial charge < -0.3 is 10.1 Å². The van der Waals surface area contributed by atoms with E-state index < -0.39 is 0 Å². The summed E-state index contributed by atoms with van der Waals surface area (Å²) in [7, 11) is 1.56. The Labute approximate surface area is 157 Å². The van der Waals surface area contributed by atoms with Gasteiger partial charge in [-0.3, -0.25) is 14.9 Å². The largest absolute Gasteiger partial charge is 0.496 e. The maximum absolute atomic E-state index is 12.7. The standard InChI is InChI=1S/C17H12ClN5O2S/c1-25-13-3-2-9(18)4-10(13)15-12(6-21-23-15)22-17(24)11-5-19-7-14-16(11)20-8-26-14/h2-8H,1H3,(H,21,23)(H,22,24). The molecular weight excluding hydrogens is 374 g/mol. The van der Waals surface area contributed by atoms with Gasteiger partial charge in [0.2, 0.25) is 0 Å². The van der Waals surface area contributed by atoms with E-state index in [1.54, 1.807) is 43.2 Å². The van der Waals surface area contributed by atoms with Gasteiger partial charge in [0.05, 0.1) is 34.1 Å². The van der Waals surface area contributed by atoms with Crippen molar-refractivity contribution in [2.24, 2.45) is 0 Å². The Bertz CT molecular complexity index is 1110. The van der Waals surface area contributed by atoms with E-state index in [0.717, 1.165) is 4.70 Å². The van der Waals surface area contributed by atoms with Crippen LogP contribution in [0.25, 0.3) is 21.5 Å². The van der Waals surface area contributed by atoms with E-state index in [9.17, 15) is 4.79 Å². The van der Waals surface area contributed by atoms with Gasteiger partial charge in [0, 0.05) is 29.2 Å². The number of carbonyl (C=O) groups excluding carboxylic acids is 1. The minimum Gasteiger partial charge on any atom is -0.496 e. The highest BCUT2D eigenvalue weighted by molar-refractivity contribution is 7.16. The van der Waals surface area contributed by atoms with Crippen LogP contribution in [0.2, 0.25) is 5.02 Å². The first kappa shape index (κ1) is 16.5. The summed E-state index contributed by atoms with van der Waals surface area (Å²) < 4.78 is 6.22. The number of carbonyl (C=O) groups is 1. The minimum atomic E-state index is -0.322. The number of halogens is 1. The summed E-state index contributed by atoms with van der Waals surface area (Å²) in [6.07, 6.45) is 4.78. The maximum atomic E-state index is 12.7. The number of pyridine rings is 1. The van der Waals surface area contributed by atoms with Crippen molar-refractivity contribution in [1.29, 1.82) is 0 Å². The van der Waals surface area contributed by atoms with Crippen LogP contribution < -0.4 is 10.1 Å². The van der Waals surface area contributed by atoms with Gasteiger partial charge in [-0.15, -0.1) is 11.3 Å². The number of methoxy groups -OCH3 is 1. The van der Waals surface area contributed by atoms with Gasteiger partial charge in [0.15, 0.2) is 0 Å². The number of thiazole rings is 1. The topological polar surface area (TPSA) is 92.8 Å². The molecule has 0 bridgehead atoms. The molecule has 0 atom stereocenters. The van der Waals surface area contributed by atoms with E-state index in [0.29, 0.717) is 38.8 Å². The zero-order valence-corrected chi connectivity index (χ0v) is 15.1. The molecule has 9 heteroatoms. The fraction of sp³-hybridized carbons (Fsp3) is 0.0588. The highest BCUT2D eigenvalue weighted by Crippen LogP contribution is 2.35. The highest BCUT2D eigenvalue weighted by Gasteiger charge is 2.18. The van der Waals surface area contributed by atoms with Gasteiger partial charge in [-0.1, -0.05) is 11.6 Å². The third-order valence-corrected chi connectivity index (χ3v) is 4.79. The van der Waals surface area contributed by atoms with Crippen molar-refractivity contribution in [2.75, 3.05) is 12.4 Å². The van der Waals surface area contributed by atoms with Gasteiger partial charge in [0.25, 0.3) is 5.91 Å². The van der Waals surface area contributed by atoms with E-state index in [1.165, 1.54) is 17.5 Å². The molecule has 26 heavy (non-hydrogen) atoms. The molecule has 0 unspecified atom stereocenters. The normalized spacial score (nSPS) is 10.8. The number of H-pyrrole nitrogens is 1. The maximum Gasteiger partial charge on any atom is 0.259 e. The van der Waals surface area contributed by atoms with Crippen LogP contribution >= 0.6 is 22.9 Å². The number of hydrogen-bond acceptors (Lipinski definition) is 6. The number of rotatable bonds is 4. The average molecular weight is 386 g/mol. The van der Waals surface area contributed by atoms with Crippen LogP contribution in [0.3, 0.4) is 0 Å². The Hall–Kier alpha value is -2.97. The van der Waals surface area contributed by atoms with Crippen molar-refractivity contribution in [1.82, 2.24) is 20.2 Å². The quantitative estimate of drug-likeness (QED) is 0.554. The smallest absolute Gasteiger partial charge is 0.259 e. The fourth-order valence-electron chi connectivity index (χ4n) is 2.60. The van der Waals surface area contributed by atoms with Crippen molar-refractivity contribution in [3.63, 3.8) is 0 Å². The number of hydrogen-bond donors (Lipinski definition) is 2. The van der Waals surface area contributed by atoms with Crippen molar-refractivity contribution in [3.8, 4) is 17.0 Å². The van der Waals surface area contributed by atoms with Crippen LogP contribution in [-0.2, 0) is 0 Å². The molecule has 3 aromatic heterocycles. The number of aromatic nitrogens is 4. The number of ether oxygens (including phenoxy) is 1. The monoisotopic (exact) mass is 385 g/mol. The second-order valence-electron chi connectivity index (χ2n) is 5.33. The Morgan fingerprint density at radius 2 is 2.23 bits per heavy atom. The predicted octanol–water partition coefficient (Wildman–Crippen LogP) is 4.00. The molecule has 4 rings (SSSR count). The second kappa shape index (κ2) is 6.74. The molecule has 7 nitrogen and oxygen atoms in total. The van der Waals surface area contributed by atoms with E-state index >= 15 is 0 Å². The minimum absolute atomic E-state index is 0.322. The molecule has 0 saturated carbocycles. The molecule has 1 amide bonds. The number of fused-ring (bicyclic) bond motifs is 1. The van der Waals surface area contributed by atoms with Gasteiger partial charge in [0.1, 0.15) is 11.4 Å². The summed E-state index contributed by atoms with van der Waals surface area (Å²) >= 11 is 7.53. The first-order valence-electron chi connectivity index (χ1n) is 7.53. The lowest BCUT2D eigenvalue weighted by atomic mass is 10.1. The summed E-state index contributed by atoms with van der Waals surface area (Å²) in [4.78, 5) is 21.1. The number of nitrogens with one attached hydrogen (secondary N) is 2. The van der Waals surface area contributed by atoms with Crippen LogP contribution in [0.5, 0.6) is 5.75 Å². The molecule has 0 aliphatic rings. The van der Waals surface area contributed by atoms with E-state index in [-0.39, 0.29) is 5.91 Å². The SMILES string of the molecule is COc1ccc(Cl)cc1-c1n[nH]cc1NC(=O)c1cncc2scnc12. The number of nitrogens with zero attached hydrogens (tertiary/aromatic N) is 3. The van der Waals surface area contributed by atoms with Crippen LogP contribution in [-0.4, -0.2) is 33.2 Å². The number of aromatic amines is 1. The van der Waals surface area contributed by atoms with E-state index in [2.05, 4.69) is 25.5 Å².